The quantitative estimate of drug-likeness (QED) is 0.630. The summed E-state index contributed by atoms with van der Waals surface area (Å²) >= 11 is 0. The molecule has 1 atom stereocenters. The van der Waals surface area contributed by atoms with Gasteiger partial charge >= 0.3 is 0 Å². The van der Waals surface area contributed by atoms with E-state index in [1.165, 1.54) is 32.1 Å². The average Bonchev–Trinajstić information content (AvgIpc) is 2.43. The molecule has 0 radical (unpaired) electrons. The zero-order chi connectivity index (χ0) is 13.9. The minimum atomic E-state index is 0.155. The Bertz CT molecular complexity index is 240. The predicted molar refractivity (Wildman–Crippen MR) is 78.1 cm³/mol. The zero-order valence-electron chi connectivity index (χ0n) is 12.5. The molecule has 112 valence electrons. The number of methoxy groups -OCH3 is 1. The van der Waals surface area contributed by atoms with Gasteiger partial charge in [0.1, 0.15) is 0 Å². The first-order valence-corrected chi connectivity index (χ1v) is 7.71. The lowest BCUT2D eigenvalue weighted by Gasteiger charge is -2.24. The van der Waals surface area contributed by atoms with E-state index < -0.39 is 0 Å². The molecule has 0 aromatic heterocycles. The summed E-state index contributed by atoms with van der Waals surface area (Å²) in [5.41, 5.74) is 0. The summed E-state index contributed by atoms with van der Waals surface area (Å²) in [7, 11) is 1.69. The van der Waals surface area contributed by atoms with Gasteiger partial charge in [0.15, 0.2) is 0 Å². The molecule has 1 aliphatic rings. The molecule has 1 aliphatic carbocycles. The molecule has 1 rings (SSSR count). The molecule has 0 bridgehead atoms. The van der Waals surface area contributed by atoms with Gasteiger partial charge in [-0.05, 0) is 12.3 Å². The van der Waals surface area contributed by atoms with E-state index in [0.717, 1.165) is 25.4 Å². The molecule has 0 saturated heterocycles. The number of hydrogen-bond acceptors (Lipinski definition) is 3. The monoisotopic (exact) mass is 270 g/mol. The third kappa shape index (κ3) is 7.53. The van der Waals surface area contributed by atoms with Gasteiger partial charge in [0, 0.05) is 32.7 Å². The number of hydrogen-bond donors (Lipinski definition) is 2. The Morgan fingerprint density at radius 2 is 1.95 bits per heavy atom. The van der Waals surface area contributed by atoms with Crippen molar-refractivity contribution in [1.82, 2.24) is 10.6 Å². The fourth-order valence-corrected chi connectivity index (χ4v) is 2.78. The van der Waals surface area contributed by atoms with Gasteiger partial charge in [0.25, 0.3) is 0 Å². The number of nitrogens with one attached hydrogen (secondary N) is 2. The van der Waals surface area contributed by atoms with Gasteiger partial charge in [-0.1, -0.05) is 39.0 Å². The van der Waals surface area contributed by atoms with E-state index in [9.17, 15) is 4.79 Å². The Morgan fingerprint density at radius 3 is 2.63 bits per heavy atom. The summed E-state index contributed by atoms with van der Waals surface area (Å²) in [6.07, 6.45) is 7.77. The number of ether oxygens (including phenoxy) is 1. The second-order valence-corrected chi connectivity index (χ2v) is 5.67. The third-order valence-corrected chi connectivity index (χ3v) is 3.94. The molecule has 4 heteroatoms. The van der Waals surface area contributed by atoms with Crippen LogP contribution in [-0.2, 0) is 9.53 Å². The second kappa shape index (κ2) is 10.2. The number of amides is 1. The highest BCUT2D eigenvalue weighted by Gasteiger charge is 2.20. The Balaban J connectivity index is 2.04. The van der Waals surface area contributed by atoms with Gasteiger partial charge in [-0.3, -0.25) is 4.79 Å². The van der Waals surface area contributed by atoms with E-state index in [1.807, 2.05) is 0 Å². The van der Waals surface area contributed by atoms with Gasteiger partial charge in [-0.2, -0.15) is 0 Å². The minimum Gasteiger partial charge on any atom is -0.383 e. The van der Waals surface area contributed by atoms with Crippen LogP contribution in [0.1, 0.15) is 45.4 Å². The Kier molecular flexibility index (Phi) is 8.84. The number of rotatable bonds is 9. The predicted octanol–water partition coefficient (Wildman–Crippen LogP) is 1.95. The molecular formula is C15H30N2O2. The molecule has 0 heterocycles. The molecule has 0 aromatic rings. The standard InChI is InChI=1S/C15H30N2O2/c1-13(12-14-6-4-3-5-7-14)15(18)17-9-8-16-10-11-19-2/h13-14,16H,3-12H2,1-2H3,(H,17,18). The highest BCUT2D eigenvalue weighted by Crippen LogP contribution is 2.28. The average molecular weight is 270 g/mol. The van der Waals surface area contributed by atoms with Crippen molar-refractivity contribution in [3.63, 3.8) is 0 Å². The minimum absolute atomic E-state index is 0.155. The molecule has 1 saturated carbocycles. The lowest BCUT2D eigenvalue weighted by molar-refractivity contribution is -0.125. The van der Waals surface area contributed by atoms with E-state index in [-0.39, 0.29) is 11.8 Å². The molecule has 0 aromatic carbocycles. The van der Waals surface area contributed by atoms with Crippen LogP contribution in [0.15, 0.2) is 0 Å². The van der Waals surface area contributed by atoms with Crippen molar-refractivity contribution in [1.29, 1.82) is 0 Å². The highest BCUT2D eigenvalue weighted by molar-refractivity contribution is 5.78. The number of carbonyl (C=O) groups excluding carboxylic acids is 1. The maximum atomic E-state index is 11.9. The molecule has 0 aliphatic heterocycles. The van der Waals surface area contributed by atoms with E-state index in [1.54, 1.807) is 7.11 Å². The summed E-state index contributed by atoms with van der Waals surface area (Å²) in [6.45, 7) is 5.13. The molecular weight excluding hydrogens is 240 g/mol. The zero-order valence-corrected chi connectivity index (χ0v) is 12.5. The SMILES string of the molecule is COCCNCCNC(=O)C(C)CC1CCCCC1. The van der Waals surface area contributed by atoms with Gasteiger partial charge in [0.2, 0.25) is 5.91 Å². The molecule has 1 fully saturated rings. The maximum Gasteiger partial charge on any atom is 0.222 e. The molecule has 19 heavy (non-hydrogen) atoms. The van der Waals surface area contributed by atoms with Crippen molar-refractivity contribution >= 4 is 5.91 Å². The van der Waals surface area contributed by atoms with E-state index in [4.69, 9.17) is 4.74 Å². The lowest BCUT2D eigenvalue weighted by Crippen LogP contribution is -2.36. The van der Waals surface area contributed by atoms with E-state index in [0.29, 0.717) is 13.2 Å². The van der Waals surface area contributed by atoms with Gasteiger partial charge < -0.3 is 15.4 Å². The summed E-state index contributed by atoms with van der Waals surface area (Å²) in [4.78, 5) is 11.9. The first-order valence-electron chi connectivity index (χ1n) is 7.71. The summed E-state index contributed by atoms with van der Waals surface area (Å²) in [6, 6.07) is 0. The van der Waals surface area contributed by atoms with Crippen molar-refractivity contribution < 1.29 is 9.53 Å². The smallest absolute Gasteiger partial charge is 0.222 e. The van der Waals surface area contributed by atoms with Crippen molar-refractivity contribution in [2.45, 2.75) is 45.4 Å². The third-order valence-electron chi connectivity index (χ3n) is 3.94. The topological polar surface area (TPSA) is 50.4 Å². The second-order valence-electron chi connectivity index (χ2n) is 5.67. The van der Waals surface area contributed by atoms with Crippen molar-refractivity contribution in [2.75, 3.05) is 33.4 Å². The van der Waals surface area contributed by atoms with Crippen LogP contribution in [0.3, 0.4) is 0 Å². The van der Waals surface area contributed by atoms with Crippen molar-refractivity contribution in [2.24, 2.45) is 11.8 Å². The molecule has 1 unspecified atom stereocenters. The van der Waals surface area contributed by atoms with Crippen LogP contribution in [-0.4, -0.2) is 39.3 Å². The molecule has 1 amide bonds. The van der Waals surface area contributed by atoms with Gasteiger partial charge in [-0.15, -0.1) is 0 Å². The van der Waals surface area contributed by atoms with Crippen LogP contribution < -0.4 is 10.6 Å². The van der Waals surface area contributed by atoms with Crippen molar-refractivity contribution in [3.05, 3.63) is 0 Å². The summed E-state index contributed by atoms with van der Waals surface area (Å²) in [5, 5.41) is 6.23. The van der Waals surface area contributed by atoms with Crippen LogP contribution in [0.25, 0.3) is 0 Å². The van der Waals surface area contributed by atoms with Gasteiger partial charge in [-0.25, -0.2) is 0 Å². The first-order chi connectivity index (χ1) is 9.24. The Hall–Kier alpha value is -0.610. The lowest BCUT2D eigenvalue weighted by atomic mass is 9.83. The molecule has 4 nitrogen and oxygen atoms in total. The van der Waals surface area contributed by atoms with Crippen LogP contribution in [0.4, 0.5) is 0 Å². The first kappa shape index (κ1) is 16.4. The normalized spacial score (nSPS) is 18.2. The van der Waals surface area contributed by atoms with Crippen molar-refractivity contribution in [3.8, 4) is 0 Å². The van der Waals surface area contributed by atoms with Gasteiger partial charge in [0.05, 0.1) is 6.61 Å². The summed E-state index contributed by atoms with van der Waals surface area (Å²) in [5.74, 6) is 1.13. The van der Waals surface area contributed by atoms with E-state index in [2.05, 4.69) is 17.6 Å². The van der Waals surface area contributed by atoms with E-state index >= 15 is 0 Å². The molecule has 2 N–H and O–H groups in total. The van der Waals surface area contributed by atoms with Crippen LogP contribution in [0.5, 0.6) is 0 Å². The fraction of sp³-hybridized carbons (Fsp3) is 0.933. The van der Waals surface area contributed by atoms with Crippen LogP contribution in [0.2, 0.25) is 0 Å². The maximum absolute atomic E-state index is 11.9. The van der Waals surface area contributed by atoms with Crippen LogP contribution >= 0.6 is 0 Å². The van der Waals surface area contributed by atoms with Crippen LogP contribution in [0, 0.1) is 11.8 Å². The highest BCUT2D eigenvalue weighted by atomic mass is 16.5. The Labute approximate surface area is 117 Å². The Morgan fingerprint density at radius 1 is 1.21 bits per heavy atom. The largest absolute Gasteiger partial charge is 0.383 e. The summed E-state index contributed by atoms with van der Waals surface area (Å²) < 4.78 is 4.94. The molecule has 0 spiro atoms. The fourth-order valence-electron chi connectivity index (χ4n) is 2.78. The number of carbonyl (C=O) groups is 1.